The molecule has 1 aliphatic heterocycles. The number of benzene rings is 1. The molecule has 1 unspecified atom stereocenters. The van der Waals surface area contributed by atoms with E-state index in [2.05, 4.69) is 24.0 Å². The molecule has 0 saturated carbocycles. The van der Waals surface area contributed by atoms with E-state index in [4.69, 9.17) is 5.73 Å². The lowest BCUT2D eigenvalue weighted by atomic mass is 10.0. The Morgan fingerprint density at radius 2 is 2.00 bits per heavy atom. The highest BCUT2D eigenvalue weighted by atomic mass is 32.1. The summed E-state index contributed by atoms with van der Waals surface area (Å²) in [7, 11) is 0. The zero-order chi connectivity index (χ0) is 18.0. The minimum absolute atomic E-state index is 0.192. The van der Waals surface area contributed by atoms with Crippen LogP contribution in [-0.4, -0.2) is 34.3 Å². The van der Waals surface area contributed by atoms with Gasteiger partial charge in [-0.2, -0.15) is 0 Å². The summed E-state index contributed by atoms with van der Waals surface area (Å²) in [6, 6.07) is 7.69. The molecule has 1 aromatic carbocycles. The van der Waals surface area contributed by atoms with Gasteiger partial charge in [-0.05, 0) is 43.7 Å². The van der Waals surface area contributed by atoms with E-state index in [0.29, 0.717) is 18.7 Å². The van der Waals surface area contributed by atoms with Gasteiger partial charge in [0.2, 0.25) is 5.91 Å². The Labute approximate surface area is 151 Å². The molecule has 1 atom stereocenters. The average Bonchev–Trinajstić information content (AvgIpc) is 3.03. The van der Waals surface area contributed by atoms with Crippen LogP contribution in [0, 0.1) is 6.92 Å². The number of aromatic nitrogens is 1. The number of aryl methyl sites for hydroxylation is 2. The van der Waals surface area contributed by atoms with Crippen LogP contribution in [0.5, 0.6) is 0 Å². The van der Waals surface area contributed by atoms with Crippen molar-refractivity contribution in [2.24, 2.45) is 5.73 Å². The van der Waals surface area contributed by atoms with Crippen LogP contribution in [0.15, 0.2) is 24.3 Å². The van der Waals surface area contributed by atoms with Gasteiger partial charge in [0.25, 0.3) is 5.91 Å². The smallest absolute Gasteiger partial charge is 0.274 e. The Bertz CT molecular complexity index is 782. The van der Waals surface area contributed by atoms with Gasteiger partial charge in [0.1, 0.15) is 11.7 Å². The Kier molecular flexibility index (Phi) is 5.18. The van der Waals surface area contributed by atoms with Crippen LogP contribution in [0.25, 0.3) is 10.4 Å². The van der Waals surface area contributed by atoms with E-state index < -0.39 is 11.9 Å². The fourth-order valence-electron chi connectivity index (χ4n) is 3.27. The Morgan fingerprint density at radius 3 is 2.64 bits per heavy atom. The fraction of sp³-hybridized carbons (Fsp3) is 0.421. The van der Waals surface area contributed by atoms with Crippen LogP contribution in [0.3, 0.4) is 0 Å². The third kappa shape index (κ3) is 3.58. The maximum absolute atomic E-state index is 13.1. The molecule has 0 bridgehead atoms. The van der Waals surface area contributed by atoms with E-state index in [1.165, 1.54) is 16.9 Å². The monoisotopic (exact) mass is 357 g/mol. The quantitative estimate of drug-likeness (QED) is 0.913. The highest BCUT2D eigenvalue weighted by Crippen LogP contribution is 2.32. The SMILES string of the molecule is CCc1ccc(-c2sc(C)nc2C(=O)N2CCCCC2C(N)=O)cc1. The van der Waals surface area contributed by atoms with Crippen molar-refractivity contribution in [2.45, 2.75) is 45.6 Å². The zero-order valence-corrected chi connectivity index (χ0v) is 15.4. The minimum Gasteiger partial charge on any atom is -0.368 e. The van der Waals surface area contributed by atoms with Crippen molar-refractivity contribution in [3.8, 4) is 10.4 Å². The second-order valence-corrected chi connectivity index (χ2v) is 7.58. The zero-order valence-electron chi connectivity index (χ0n) is 14.6. The normalized spacial score (nSPS) is 17.5. The number of rotatable bonds is 4. The van der Waals surface area contributed by atoms with E-state index >= 15 is 0 Å². The number of hydrogen-bond donors (Lipinski definition) is 1. The van der Waals surface area contributed by atoms with Gasteiger partial charge < -0.3 is 10.6 Å². The van der Waals surface area contributed by atoms with Gasteiger partial charge >= 0.3 is 0 Å². The number of carbonyl (C=O) groups is 2. The van der Waals surface area contributed by atoms with Gasteiger partial charge in [0, 0.05) is 6.54 Å². The number of amides is 2. The van der Waals surface area contributed by atoms with Gasteiger partial charge in [0.15, 0.2) is 0 Å². The largest absolute Gasteiger partial charge is 0.368 e. The molecule has 0 aliphatic carbocycles. The van der Waals surface area contributed by atoms with E-state index in [9.17, 15) is 9.59 Å². The predicted molar refractivity (Wildman–Crippen MR) is 99.5 cm³/mol. The van der Waals surface area contributed by atoms with Gasteiger partial charge in [-0.1, -0.05) is 31.2 Å². The van der Waals surface area contributed by atoms with Gasteiger partial charge in [-0.3, -0.25) is 9.59 Å². The summed E-state index contributed by atoms with van der Waals surface area (Å²) in [5.41, 5.74) is 8.18. The minimum atomic E-state index is -0.529. The molecular formula is C19H23N3O2S. The first-order valence-electron chi connectivity index (χ1n) is 8.68. The number of nitrogens with two attached hydrogens (primary N) is 1. The second kappa shape index (κ2) is 7.35. The van der Waals surface area contributed by atoms with E-state index in [0.717, 1.165) is 34.7 Å². The van der Waals surface area contributed by atoms with Gasteiger partial charge in [-0.15, -0.1) is 11.3 Å². The van der Waals surface area contributed by atoms with Crippen molar-refractivity contribution in [3.05, 3.63) is 40.5 Å². The number of carbonyl (C=O) groups excluding carboxylic acids is 2. The van der Waals surface area contributed by atoms with Crippen LogP contribution in [0.4, 0.5) is 0 Å². The summed E-state index contributed by atoms with van der Waals surface area (Å²) in [5.74, 6) is -0.628. The summed E-state index contributed by atoms with van der Waals surface area (Å²) in [6.45, 7) is 4.56. The third-order valence-electron chi connectivity index (χ3n) is 4.65. The molecule has 2 heterocycles. The van der Waals surface area contributed by atoms with Crippen LogP contribution >= 0.6 is 11.3 Å². The molecular weight excluding hydrogens is 334 g/mol. The van der Waals surface area contributed by atoms with Crippen molar-refractivity contribution < 1.29 is 9.59 Å². The molecule has 25 heavy (non-hydrogen) atoms. The molecule has 1 aromatic heterocycles. The Morgan fingerprint density at radius 1 is 1.28 bits per heavy atom. The van der Waals surface area contributed by atoms with Crippen LogP contribution in [0.1, 0.15) is 47.2 Å². The summed E-state index contributed by atoms with van der Waals surface area (Å²) in [4.78, 5) is 31.8. The Balaban J connectivity index is 1.96. The number of thiazole rings is 1. The predicted octanol–water partition coefficient (Wildman–Crippen LogP) is 3.16. The van der Waals surface area contributed by atoms with E-state index in [-0.39, 0.29) is 5.91 Å². The van der Waals surface area contributed by atoms with Crippen molar-refractivity contribution in [1.29, 1.82) is 0 Å². The number of hydrogen-bond acceptors (Lipinski definition) is 4. The molecule has 1 saturated heterocycles. The number of primary amides is 1. The van der Waals surface area contributed by atoms with Crippen LogP contribution < -0.4 is 5.73 Å². The second-order valence-electron chi connectivity index (χ2n) is 6.37. The number of nitrogens with zero attached hydrogens (tertiary/aromatic N) is 2. The van der Waals surface area contributed by atoms with Gasteiger partial charge in [0.05, 0.1) is 9.88 Å². The van der Waals surface area contributed by atoms with Crippen molar-refractivity contribution >= 4 is 23.2 Å². The lowest BCUT2D eigenvalue weighted by molar-refractivity contribution is -0.123. The lowest BCUT2D eigenvalue weighted by Crippen LogP contribution is -2.50. The highest BCUT2D eigenvalue weighted by Gasteiger charge is 2.33. The van der Waals surface area contributed by atoms with Crippen molar-refractivity contribution in [1.82, 2.24) is 9.88 Å². The molecule has 1 aliphatic rings. The van der Waals surface area contributed by atoms with Crippen LogP contribution in [0.2, 0.25) is 0 Å². The Hall–Kier alpha value is -2.21. The maximum atomic E-state index is 13.1. The molecule has 3 rings (SSSR count). The summed E-state index contributed by atoms with van der Waals surface area (Å²) in [6.07, 6.45) is 3.41. The summed E-state index contributed by atoms with van der Waals surface area (Å²) in [5, 5.41) is 0.838. The first-order valence-corrected chi connectivity index (χ1v) is 9.50. The molecule has 1 fully saturated rings. The molecule has 6 heteroatoms. The fourth-order valence-corrected chi connectivity index (χ4v) is 4.18. The molecule has 5 nitrogen and oxygen atoms in total. The first-order chi connectivity index (χ1) is 12.0. The molecule has 2 N–H and O–H groups in total. The molecule has 0 spiro atoms. The summed E-state index contributed by atoms with van der Waals surface area (Å²) >= 11 is 1.51. The maximum Gasteiger partial charge on any atom is 0.274 e. The van der Waals surface area contributed by atoms with E-state index in [1.807, 2.05) is 19.1 Å². The first kappa shape index (κ1) is 17.6. The van der Waals surface area contributed by atoms with Crippen LogP contribution in [-0.2, 0) is 11.2 Å². The summed E-state index contributed by atoms with van der Waals surface area (Å²) < 4.78 is 0. The highest BCUT2D eigenvalue weighted by molar-refractivity contribution is 7.15. The topological polar surface area (TPSA) is 76.3 Å². The third-order valence-corrected chi connectivity index (χ3v) is 5.67. The number of likely N-dealkylation sites (tertiary alicyclic amines) is 1. The lowest BCUT2D eigenvalue weighted by Gasteiger charge is -2.33. The van der Waals surface area contributed by atoms with Gasteiger partial charge in [-0.25, -0.2) is 4.98 Å². The van der Waals surface area contributed by atoms with E-state index in [1.54, 1.807) is 4.90 Å². The standard InChI is InChI=1S/C19H23N3O2S/c1-3-13-7-9-14(10-8-13)17-16(21-12(2)25-17)19(24)22-11-5-4-6-15(22)18(20)23/h7-10,15H,3-6,11H2,1-2H3,(H2,20,23). The molecule has 2 aromatic rings. The van der Waals surface area contributed by atoms with Crippen molar-refractivity contribution in [3.63, 3.8) is 0 Å². The average molecular weight is 357 g/mol. The van der Waals surface area contributed by atoms with Crippen molar-refractivity contribution in [2.75, 3.05) is 6.54 Å². The molecule has 0 radical (unpaired) electrons. The number of piperidine rings is 1. The molecule has 2 amide bonds. The molecule has 132 valence electrons.